The average molecular weight is 142 g/mol. The second-order valence-corrected chi connectivity index (χ2v) is 2.78. The Labute approximate surface area is 58.5 Å². The van der Waals surface area contributed by atoms with Gasteiger partial charge in [-0.15, -0.1) is 11.3 Å². The van der Waals surface area contributed by atoms with E-state index in [9.17, 15) is 0 Å². The first-order valence-corrected chi connectivity index (χ1v) is 3.72. The molecule has 0 atom stereocenters. The lowest BCUT2D eigenvalue weighted by Gasteiger charge is -1.93. The van der Waals surface area contributed by atoms with Gasteiger partial charge >= 0.3 is 0 Å². The molecule has 1 aromatic rings. The molecule has 0 bridgehead atoms. The zero-order chi connectivity index (χ0) is 6.69. The van der Waals surface area contributed by atoms with Crippen LogP contribution in [0.1, 0.15) is 10.4 Å². The summed E-state index contributed by atoms with van der Waals surface area (Å²) in [6, 6.07) is 2.02. The van der Waals surface area contributed by atoms with Gasteiger partial charge in [0.2, 0.25) is 0 Å². The Morgan fingerprint density at radius 1 is 1.33 bits per heavy atom. The molecule has 0 aliphatic carbocycles. The van der Waals surface area contributed by atoms with E-state index in [1.807, 2.05) is 11.4 Å². The van der Waals surface area contributed by atoms with Crippen molar-refractivity contribution < 1.29 is 0 Å². The van der Waals surface area contributed by atoms with E-state index in [1.54, 1.807) is 11.3 Å². The van der Waals surface area contributed by atoms with Crippen LogP contribution in [-0.4, -0.2) is 0 Å². The number of hydrogen-bond acceptors (Lipinski definition) is 3. The van der Waals surface area contributed by atoms with Crippen LogP contribution in [0.25, 0.3) is 0 Å². The lowest BCUT2D eigenvalue weighted by atomic mass is 10.2. The van der Waals surface area contributed by atoms with Crippen molar-refractivity contribution in [1.29, 1.82) is 0 Å². The summed E-state index contributed by atoms with van der Waals surface area (Å²) in [5, 5.41) is 2.02. The van der Waals surface area contributed by atoms with E-state index >= 15 is 0 Å². The summed E-state index contributed by atoms with van der Waals surface area (Å²) >= 11 is 1.67. The fraction of sp³-hybridized carbons (Fsp3) is 0.333. The lowest BCUT2D eigenvalue weighted by molar-refractivity contribution is 1.01. The van der Waals surface area contributed by atoms with Crippen molar-refractivity contribution in [3.63, 3.8) is 0 Å². The predicted octanol–water partition coefficient (Wildman–Crippen LogP) is 0.666. The van der Waals surface area contributed by atoms with E-state index in [0.717, 1.165) is 0 Å². The zero-order valence-corrected chi connectivity index (χ0v) is 5.95. The molecule has 0 aromatic carbocycles. The van der Waals surface area contributed by atoms with Gasteiger partial charge in [0.05, 0.1) is 0 Å². The number of rotatable bonds is 2. The Morgan fingerprint density at radius 3 is 2.56 bits per heavy atom. The van der Waals surface area contributed by atoms with E-state index in [-0.39, 0.29) is 0 Å². The molecule has 3 heteroatoms. The van der Waals surface area contributed by atoms with Crippen molar-refractivity contribution in [2.45, 2.75) is 13.1 Å². The largest absolute Gasteiger partial charge is 0.326 e. The third-order valence-electron chi connectivity index (χ3n) is 1.24. The van der Waals surface area contributed by atoms with E-state index in [0.29, 0.717) is 13.1 Å². The molecule has 2 nitrogen and oxygen atoms in total. The first-order chi connectivity index (χ1) is 4.38. The third-order valence-corrected chi connectivity index (χ3v) is 2.23. The van der Waals surface area contributed by atoms with Gasteiger partial charge in [-0.1, -0.05) is 0 Å². The highest BCUT2D eigenvalue weighted by atomic mass is 32.1. The Balaban J connectivity index is 2.85. The molecule has 0 radical (unpaired) electrons. The second-order valence-electron chi connectivity index (χ2n) is 1.78. The van der Waals surface area contributed by atoms with Gasteiger partial charge < -0.3 is 11.5 Å². The monoisotopic (exact) mass is 142 g/mol. The van der Waals surface area contributed by atoms with Gasteiger partial charge in [0.25, 0.3) is 0 Å². The summed E-state index contributed by atoms with van der Waals surface area (Å²) in [5.74, 6) is 0. The summed E-state index contributed by atoms with van der Waals surface area (Å²) in [6.45, 7) is 1.22. The molecule has 4 N–H and O–H groups in total. The maximum atomic E-state index is 5.43. The molecule has 0 aliphatic heterocycles. The van der Waals surface area contributed by atoms with Crippen molar-refractivity contribution in [3.05, 3.63) is 21.9 Å². The number of hydrogen-bond donors (Lipinski definition) is 2. The quantitative estimate of drug-likeness (QED) is 0.637. The maximum Gasteiger partial charge on any atom is 0.0277 e. The highest BCUT2D eigenvalue weighted by Gasteiger charge is 1.97. The summed E-state index contributed by atoms with van der Waals surface area (Å²) in [4.78, 5) is 1.21. The molecule has 1 rings (SSSR count). The molecule has 0 amide bonds. The normalized spacial score (nSPS) is 10.0. The molecule has 50 valence electrons. The molecule has 9 heavy (non-hydrogen) atoms. The minimum absolute atomic E-state index is 0.607. The first kappa shape index (κ1) is 6.74. The molecule has 0 saturated carbocycles. The average Bonchev–Trinajstić information content (AvgIpc) is 2.33. The minimum Gasteiger partial charge on any atom is -0.326 e. The summed E-state index contributed by atoms with van der Waals surface area (Å²) in [7, 11) is 0. The fourth-order valence-corrected chi connectivity index (χ4v) is 1.52. The molecule has 0 fully saturated rings. The zero-order valence-electron chi connectivity index (χ0n) is 5.13. The molecule has 0 spiro atoms. The van der Waals surface area contributed by atoms with Crippen LogP contribution in [0.4, 0.5) is 0 Å². The summed E-state index contributed by atoms with van der Waals surface area (Å²) in [5.41, 5.74) is 12.0. The number of thiophene rings is 1. The van der Waals surface area contributed by atoms with Gasteiger partial charge in [0, 0.05) is 18.0 Å². The summed E-state index contributed by atoms with van der Waals surface area (Å²) < 4.78 is 0. The SMILES string of the molecule is NCc1ccsc1CN. The van der Waals surface area contributed by atoms with Crippen LogP contribution in [0, 0.1) is 0 Å². The van der Waals surface area contributed by atoms with Gasteiger partial charge in [-0.25, -0.2) is 0 Å². The smallest absolute Gasteiger partial charge is 0.0277 e. The Hall–Kier alpha value is -0.380. The van der Waals surface area contributed by atoms with Crippen molar-refractivity contribution in [2.75, 3.05) is 0 Å². The van der Waals surface area contributed by atoms with Crippen LogP contribution in [0.5, 0.6) is 0 Å². The van der Waals surface area contributed by atoms with Crippen LogP contribution in [-0.2, 0) is 13.1 Å². The van der Waals surface area contributed by atoms with Gasteiger partial charge in [0.15, 0.2) is 0 Å². The van der Waals surface area contributed by atoms with Gasteiger partial charge in [-0.2, -0.15) is 0 Å². The van der Waals surface area contributed by atoms with E-state index in [2.05, 4.69) is 0 Å². The van der Waals surface area contributed by atoms with Crippen LogP contribution < -0.4 is 11.5 Å². The lowest BCUT2D eigenvalue weighted by Crippen LogP contribution is -2.01. The van der Waals surface area contributed by atoms with Crippen molar-refractivity contribution >= 4 is 11.3 Å². The molecule has 1 heterocycles. The predicted molar refractivity (Wildman–Crippen MR) is 40.1 cm³/mol. The van der Waals surface area contributed by atoms with E-state index < -0.39 is 0 Å². The molecule has 0 aliphatic rings. The highest BCUT2D eigenvalue weighted by Crippen LogP contribution is 2.14. The first-order valence-electron chi connectivity index (χ1n) is 2.84. The molecule has 0 saturated heterocycles. The topological polar surface area (TPSA) is 52.0 Å². The molecule has 1 aromatic heterocycles. The van der Waals surface area contributed by atoms with Gasteiger partial charge in [-0.05, 0) is 17.0 Å². The molecular formula is C6H10N2S. The van der Waals surface area contributed by atoms with Crippen molar-refractivity contribution in [1.82, 2.24) is 0 Å². The minimum atomic E-state index is 0.607. The van der Waals surface area contributed by atoms with E-state index in [4.69, 9.17) is 11.5 Å². The Morgan fingerprint density at radius 2 is 2.11 bits per heavy atom. The maximum absolute atomic E-state index is 5.43. The van der Waals surface area contributed by atoms with Crippen LogP contribution >= 0.6 is 11.3 Å². The molecule has 0 unspecified atom stereocenters. The van der Waals surface area contributed by atoms with Gasteiger partial charge in [-0.3, -0.25) is 0 Å². The standard InChI is InChI=1S/C6H10N2S/c7-3-5-1-2-9-6(5)4-8/h1-2H,3-4,7-8H2. The Kier molecular flexibility index (Phi) is 2.22. The number of nitrogens with two attached hydrogens (primary N) is 2. The summed E-state index contributed by atoms with van der Waals surface area (Å²) in [6.07, 6.45) is 0. The van der Waals surface area contributed by atoms with Gasteiger partial charge in [0.1, 0.15) is 0 Å². The van der Waals surface area contributed by atoms with E-state index in [1.165, 1.54) is 10.4 Å². The fourth-order valence-electron chi connectivity index (χ4n) is 0.728. The van der Waals surface area contributed by atoms with Crippen LogP contribution in [0.15, 0.2) is 11.4 Å². The van der Waals surface area contributed by atoms with Crippen LogP contribution in [0.3, 0.4) is 0 Å². The molecular weight excluding hydrogens is 132 g/mol. The van der Waals surface area contributed by atoms with Crippen molar-refractivity contribution in [3.8, 4) is 0 Å². The highest BCUT2D eigenvalue weighted by molar-refractivity contribution is 7.10. The van der Waals surface area contributed by atoms with Crippen LogP contribution in [0.2, 0.25) is 0 Å². The van der Waals surface area contributed by atoms with Crippen molar-refractivity contribution in [2.24, 2.45) is 11.5 Å². The Bertz CT molecular complexity index is 164. The second kappa shape index (κ2) is 2.96. The third kappa shape index (κ3) is 1.30.